The number of esters is 1. The number of hydrogen-bond acceptors (Lipinski definition) is 3. The maximum absolute atomic E-state index is 11.2. The van der Waals surface area contributed by atoms with Gasteiger partial charge in [0, 0.05) is 6.92 Å². The summed E-state index contributed by atoms with van der Waals surface area (Å²) in [6.07, 6.45) is 0.513. The first-order chi connectivity index (χ1) is 5.46. The van der Waals surface area contributed by atoms with Crippen molar-refractivity contribution in [3.63, 3.8) is 0 Å². The van der Waals surface area contributed by atoms with Gasteiger partial charge in [-0.25, -0.2) is 4.79 Å². The summed E-state index contributed by atoms with van der Waals surface area (Å²) in [4.78, 5) is 21.9. The van der Waals surface area contributed by atoms with E-state index >= 15 is 0 Å². The molecule has 0 aromatic rings. The van der Waals surface area contributed by atoms with Gasteiger partial charge in [0.1, 0.15) is 5.54 Å². The van der Waals surface area contributed by atoms with E-state index in [4.69, 9.17) is 0 Å². The molecule has 0 heterocycles. The van der Waals surface area contributed by atoms with Crippen LogP contribution in [0.4, 0.5) is 0 Å². The third-order valence-corrected chi connectivity index (χ3v) is 1.79. The zero-order valence-electron chi connectivity index (χ0n) is 7.93. The van der Waals surface area contributed by atoms with Gasteiger partial charge in [0.15, 0.2) is 0 Å². The molecule has 0 aromatic carbocycles. The number of methoxy groups -OCH3 is 1. The molecule has 0 fully saturated rings. The highest BCUT2D eigenvalue weighted by molar-refractivity contribution is 5.86. The molecule has 0 aliphatic heterocycles. The van der Waals surface area contributed by atoms with Crippen LogP contribution in [-0.2, 0) is 14.3 Å². The van der Waals surface area contributed by atoms with E-state index < -0.39 is 11.5 Å². The van der Waals surface area contributed by atoms with E-state index in [2.05, 4.69) is 10.1 Å². The normalized spacial score (nSPS) is 14.7. The summed E-state index contributed by atoms with van der Waals surface area (Å²) in [6.45, 7) is 4.82. The molecule has 0 aromatic heterocycles. The first kappa shape index (κ1) is 10.9. The lowest BCUT2D eigenvalue weighted by molar-refractivity contribution is -0.150. The molecule has 1 amide bonds. The zero-order chi connectivity index (χ0) is 9.78. The van der Waals surface area contributed by atoms with Gasteiger partial charge in [0.05, 0.1) is 7.11 Å². The molecule has 1 N–H and O–H groups in total. The quantitative estimate of drug-likeness (QED) is 0.631. The number of carbonyl (C=O) groups is 2. The maximum Gasteiger partial charge on any atom is 0.331 e. The fourth-order valence-corrected chi connectivity index (χ4v) is 0.898. The minimum atomic E-state index is -0.888. The van der Waals surface area contributed by atoms with Crippen molar-refractivity contribution in [1.29, 1.82) is 0 Å². The van der Waals surface area contributed by atoms with Gasteiger partial charge in [0.25, 0.3) is 0 Å². The molecular weight excluding hydrogens is 158 g/mol. The highest BCUT2D eigenvalue weighted by atomic mass is 16.5. The highest BCUT2D eigenvalue weighted by Gasteiger charge is 2.32. The number of hydrogen-bond donors (Lipinski definition) is 1. The Morgan fingerprint density at radius 2 is 2.00 bits per heavy atom. The summed E-state index contributed by atoms with van der Waals surface area (Å²) in [5.41, 5.74) is -0.888. The van der Waals surface area contributed by atoms with Crippen LogP contribution in [0.3, 0.4) is 0 Å². The first-order valence-corrected chi connectivity index (χ1v) is 3.83. The second kappa shape index (κ2) is 4.09. The Kier molecular flexibility index (Phi) is 3.73. The van der Waals surface area contributed by atoms with Crippen LogP contribution in [0, 0.1) is 0 Å². The predicted octanol–water partition coefficient (Wildman–Crippen LogP) is 0.464. The summed E-state index contributed by atoms with van der Waals surface area (Å²) in [5.74, 6) is -0.648. The van der Waals surface area contributed by atoms with E-state index in [9.17, 15) is 9.59 Å². The minimum absolute atomic E-state index is 0.232. The Balaban J connectivity index is 4.44. The van der Waals surface area contributed by atoms with Gasteiger partial charge in [-0.15, -0.1) is 0 Å². The Morgan fingerprint density at radius 3 is 2.25 bits per heavy atom. The van der Waals surface area contributed by atoms with Crippen molar-refractivity contribution >= 4 is 11.9 Å². The Labute approximate surface area is 72.3 Å². The molecule has 0 saturated heterocycles. The van der Waals surface area contributed by atoms with E-state index in [-0.39, 0.29) is 5.91 Å². The summed E-state index contributed by atoms with van der Waals surface area (Å²) >= 11 is 0. The van der Waals surface area contributed by atoms with Crippen molar-refractivity contribution in [2.45, 2.75) is 32.7 Å². The van der Waals surface area contributed by atoms with Gasteiger partial charge >= 0.3 is 5.97 Å². The largest absolute Gasteiger partial charge is 0.467 e. The molecule has 70 valence electrons. The van der Waals surface area contributed by atoms with Crippen molar-refractivity contribution in [3.8, 4) is 0 Å². The van der Waals surface area contributed by atoms with Crippen LogP contribution < -0.4 is 5.32 Å². The molecule has 0 unspecified atom stereocenters. The van der Waals surface area contributed by atoms with Crippen molar-refractivity contribution in [2.24, 2.45) is 0 Å². The Hall–Kier alpha value is -1.06. The topological polar surface area (TPSA) is 55.4 Å². The van der Waals surface area contributed by atoms with E-state index in [1.807, 2.05) is 6.92 Å². The molecule has 4 nitrogen and oxygen atoms in total. The third-order valence-electron chi connectivity index (χ3n) is 1.79. The van der Waals surface area contributed by atoms with Gasteiger partial charge in [-0.2, -0.15) is 0 Å². The lowest BCUT2D eigenvalue weighted by Crippen LogP contribution is -2.51. The summed E-state index contributed by atoms with van der Waals surface area (Å²) in [6, 6.07) is 0. The molecule has 12 heavy (non-hydrogen) atoms. The van der Waals surface area contributed by atoms with Crippen molar-refractivity contribution in [3.05, 3.63) is 0 Å². The van der Waals surface area contributed by atoms with Crippen LogP contribution in [0.15, 0.2) is 0 Å². The summed E-state index contributed by atoms with van der Waals surface area (Å²) in [5, 5.41) is 2.54. The van der Waals surface area contributed by atoms with Gasteiger partial charge in [-0.05, 0) is 13.3 Å². The predicted molar refractivity (Wildman–Crippen MR) is 44.5 cm³/mol. The van der Waals surface area contributed by atoms with Gasteiger partial charge in [-0.1, -0.05) is 6.92 Å². The molecular formula is C8H15NO3. The molecule has 0 aliphatic carbocycles. The Bertz CT molecular complexity index is 191. The van der Waals surface area contributed by atoms with Crippen LogP contribution in [0.25, 0.3) is 0 Å². The van der Waals surface area contributed by atoms with Crippen molar-refractivity contribution in [1.82, 2.24) is 5.32 Å². The fraction of sp³-hybridized carbons (Fsp3) is 0.750. The summed E-state index contributed by atoms with van der Waals surface area (Å²) in [7, 11) is 1.30. The van der Waals surface area contributed by atoms with Crippen LogP contribution in [0.1, 0.15) is 27.2 Å². The lowest BCUT2D eigenvalue weighted by atomic mass is 9.99. The monoisotopic (exact) mass is 173 g/mol. The second-order valence-corrected chi connectivity index (χ2v) is 2.86. The van der Waals surface area contributed by atoms with E-state index in [1.165, 1.54) is 14.0 Å². The number of amides is 1. The number of carbonyl (C=O) groups excluding carboxylic acids is 2. The van der Waals surface area contributed by atoms with Crippen LogP contribution in [0.2, 0.25) is 0 Å². The Morgan fingerprint density at radius 1 is 1.50 bits per heavy atom. The molecule has 1 atom stereocenters. The van der Waals surface area contributed by atoms with Crippen LogP contribution >= 0.6 is 0 Å². The van der Waals surface area contributed by atoms with Gasteiger partial charge in [0.2, 0.25) is 5.91 Å². The standard InChI is InChI=1S/C8H15NO3/c1-5-8(3,7(11)12-4)9-6(2)10/h5H2,1-4H3,(H,9,10)/t8-/m0/s1. The number of ether oxygens (including phenoxy) is 1. The van der Waals surface area contributed by atoms with Crippen LogP contribution in [-0.4, -0.2) is 24.5 Å². The van der Waals surface area contributed by atoms with E-state index in [0.29, 0.717) is 6.42 Å². The summed E-state index contributed by atoms with van der Waals surface area (Å²) < 4.78 is 4.55. The maximum atomic E-state index is 11.2. The molecule has 0 radical (unpaired) electrons. The zero-order valence-corrected chi connectivity index (χ0v) is 7.93. The highest BCUT2D eigenvalue weighted by Crippen LogP contribution is 2.10. The van der Waals surface area contributed by atoms with E-state index in [0.717, 1.165) is 0 Å². The van der Waals surface area contributed by atoms with Crippen LogP contribution in [0.5, 0.6) is 0 Å². The smallest absolute Gasteiger partial charge is 0.331 e. The SMILES string of the molecule is CC[C@](C)(NC(C)=O)C(=O)OC. The van der Waals surface area contributed by atoms with E-state index in [1.54, 1.807) is 6.92 Å². The van der Waals surface area contributed by atoms with Gasteiger partial charge < -0.3 is 10.1 Å². The molecule has 0 saturated carbocycles. The first-order valence-electron chi connectivity index (χ1n) is 3.83. The minimum Gasteiger partial charge on any atom is -0.467 e. The lowest BCUT2D eigenvalue weighted by Gasteiger charge is -2.25. The van der Waals surface area contributed by atoms with Crippen molar-refractivity contribution in [2.75, 3.05) is 7.11 Å². The number of nitrogens with one attached hydrogen (secondary N) is 1. The molecule has 0 spiro atoms. The molecule has 0 aliphatic rings. The van der Waals surface area contributed by atoms with Crippen molar-refractivity contribution < 1.29 is 14.3 Å². The third kappa shape index (κ3) is 2.53. The molecule has 0 rings (SSSR count). The molecule has 4 heteroatoms. The average molecular weight is 173 g/mol. The molecule has 0 bridgehead atoms. The fourth-order valence-electron chi connectivity index (χ4n) is 0.898. The van der Waals surface area contributed by atoms with Gasteiger partial charge in [-0.3, -0.25) is 4.79 Å². The second-order valence-electron chi connectivity index (χ2n) is 2.86. The average Bonchev–Trinajstić information content (AvgIpc) is 2.01. The number of rotatable bonds is 3.